The number of nitrogens with one attached hydrogen (secondary N) is 1. The van der Waals surface area contributed by atoms with E-state index in [0.717, 1.165) is 23.4 Å². The molecule has 2 unspecified atom stereocenters. The zero-order valence-electron chi connectivity index (χ0n) is 12.7. The maximum Gasteiger partial charge on any atom is 0.221 e. The first-order valence-electron chi connectivity index (χ1n) is 7.48. The predicted molar refractivity (Wildman–Crippen MR) is 86.3 cm³/mol. The second kappa shape index (κ2) is 7.25. The molecule has 1 fully saturated rings. The van der Waals surface area contributed by atoms with Gasteiger partial charge < -0.3 is 11.1 Å². The summed E-state index contributed by atoms with van der Waals surface area (Å²) in [4.78, 5) is 14.1. The lowest BCUT2D eigenvalue weighted by Gasteiger charge is -2.32. The van der Waals surface area contributed by atoms with Crippen LogP contribution in [0.4, 0.5) is 0 Å². The van der Waals surface area contributed by atoms with Gasteiger partial charge in [0.05, 0.1) is 0 Å². The molecule has 2 atom stereocenters. The Kier molecular flexibility index (Phi) is 5.62. The molecule has 21 heavy (non-hydrogen) atoms. The average molecular weight is 310 g/mol. The molecule has 116 valence electrons. The topological polar surface area (TPSA) is 58.4 Å². The molecule has 3 N–H and O–H groups in total. The standard InChI is InChI=1S/C16H24ClN3O/c1-11(12-4-3-5-13(17)8-12)20(2)15(10-18)9-16(21)19-14-6-7-14/h3-5,8,11,14-15H,6-7,9-10,18H2,1-2H3,(H,19,21). The number of halogens is 1. The Morgan fingerprint density at radius 3 is 2.81 bits per heavy atom. The largest absolute Gasteiger partial charge is 0.353 e. The maximum absolute atomic E-state index is 12.0. The van der Waals surface area contributed by atoms with Gasteiger partial charge in [-0.2, -0.15) is 0 Å². The van der Waals surface area contributed by atoms with E-state index in [9.17, 15) is 4.79 Å². The van der Waals surface area contributed by atoms with E-state index < -0.39 is 0 Å². The molecular formula is C16H24ClN3O. The van der Waals surface area contributed by atoms with Crippen LogP contribution in [0.1, 0.15) is 37.8 Å². The lowest BCUT2D eigenvalue weighted by Crippen LogP contribution is -2.43. The van der Waals surface area contributed by atoms with E-state index in [-0.39, 0.29) is 18.0 Å². The Hall–Kier alpha value is -1.10. The zero-order valence-corrected chi connectivity index (χ0v) is 13.4. The molecule has 1 aromatic rings. The highest BCUT2D eigenvalue weighted by Gasteiger charge is 2.27. The van der Waals surface area contributed by atoms with Crippen molar-refractivity contribution in [2.24, 2.45) is 5.73 Å². The molecule has 0 bridgehead atoms. The van der Waals surface area contributed by atoms with Gasteiger partial charge in [-0.1, -0.05) is 23.7 Å². The molecule has 0 aromatic heterocycles. The lowest BCUT2D eigenvalue weighted by atomic mass is 10.0. The van der Waals surface area contributed by atoms with Gasteiger partial charge in [0.25, 0.3) is 0 Å². The summed E-state index contributed by atoms with van der Waals surface area (Å²) in [5.41, 5.74) is 7.00. The maximum atomic E-state index is 12.0. The van der Waals surface area contributed by atoms with Crippen LogP contribution >= 0.6 is 11.6 Å². The van der Waals surface area contributed by atoms with Gasteiger partial charge in [0, 0.05) is 36.1 Å². The fourth-order valence-electron chi connectivity index (χ4n) is 2.44. The van der Waals surface area contributed by atoms with Crippen LogP contribution in [0, 0.1) is 0 Å². The minimum absolute atomic E-state index is 0.0257. The Balaban J connectivity index is 1.97. The Morgan fingerprint density at radius 2 is 2.24 bits per heavy atom. The van der Waals surface area contributed by atoms with E-state index >= 15 is 0 Å². The van der Waals surface area contributed by atoms with Crippen LogP contribution in [-0.4, -0.2) is 36.5 Å². The molecule has 1 amide bonds. The molecule has 4 nitrogen and oxygen atoms in total. The number of rotatable bonds is 7. The van der Waals surface area contributed by atoms with Crippen molar-refractivity contribution in [3.8, 4) is 0 Å². The van der Waals surface area contributed by atoms with E-state index in [0.29, 0.717) is 19.0 Å². The monoisotopic (exact) mass is 309 g/mol. The molecule has 1 aromatic carbocycles. The van der Waals surface area contributed by atoms with E-state index in [1.54, 1.807) is 0 Å². The average Bonchev–Trinajstić information content (AvgIpc) is 3.27. The van der Waals surface area contributed by atoms with Crippen LogP contribution in [-0.2, 0) is 4.79 Å². The number of nitrogens with two attached hydrogens (primary N) is 1. The quantitative estimate of drug-likeness (QED) is 0.813. The molecule has 0 radical (unpaired) electrons. The molecule has 0 heterocycles. The highest BCUT2D eigenvalue weighted by molar-refractivity contribution is 6.30. The van der Waals surface area contributed by atoms with Crippen LogP contribution < -0.4 is 11.1 Å². The zero-order chi connectivity index (χ0) is 15.4. The molecule has 2 rings (SSSR count). The Morgan fingerprint density at radius 1 is 1.52 bits per heavy atom. The van der Waals surface area contributed by atoms with Gasteiger partial charge >= 0.3 is 0 Å². The van der Waals surface area contributed by atoms with Gasteiger partial charge in [0.1, 0.15) is 0 Å². The second-order valence-corrected chi connectivity index (χ2v) is 6.27. The van der Waals surface area contributed by atoms with Gasteiger partial charge in [-0.05, 0) is 44.5 Å². The van der Waals surface area contributed by atoms with Gasteiger partial charge in [0.15, 0.2) is 0 Å². The van der Waals surface area contributed by atoms with E-state index in [1.165, 1.54) is 0 Å². The third kappa shape index (κ3) is 4.70. The van der Waals surface area contributed by atoms with Gasteiger partial charge in [-0.15, -0.1) is 0 Å². The number of hydrogen-bond donors (Lipinski definition) is 2. The summed E-state index contributed by atoms with van der Waals surface area (Å²) in [7, 11) is 2.01. The first-order valence-corrected chi connectivity index (χ1v) is 7.86. The summed E-state index contributed by atoms with van der Waals surface area (Å²) >= 11 is 6.05. The van der Waals surface area contributed by atoms with E-state index in [4.69, 9.17) is 17.3 Å². The number of nitrogens with zero attached hydrogens (tertiary/aromatic N) is 1. The van der Waals surface area contributed by atoms with Crippen LogP contribution in [0.2, 0.25) is 5.02 Å². The van der Waals surface area contributed by atoms with Crippen molar-refractivity contribution >= 4 is 17.5 Å². The number of carbonyl (C=O) groups is 1. The van der Waals surface area contributed by atoms with Gasteiger partial charge in [0.2, 0.25) is 5.91 Å². The highest BCUT2D eigenvalue weighted by atomic mass is 35.5. The summed E-state index contributed by atoms with van der Waals surface area (Å²) in [6, 6.07) is 8.39. The summed E-state index contributed by atoms with van der Waals surface area (Å²) in [5, 5.41) is 3.74. The third-order valence-corrected chi connectivity index (χ3v) is 4.39. The molecule has 5 heteroatoms. The molecular weight excluding hydrogens is 286 g/mol. The lowest BCUT2D eigenvalue weighted by molar-refractivity contribution is -0.122. The van der Waals surface area contributed by atoms with Crippen LogP contribution in [0.3, 0.4) is 0 Å². The Bertz CT molecular complexity index is 490. The minimum Gasteiger partial charge on any atom is -0.353 e. The van der Waals surface area contributed by atoms with Crippen molar-refractivity contribution in [1.82, 2.24) is 10.2 Å². The SMILES string of the molecule is CC(c1cccc(Cl)c1)N(C)C(CN)CC(=O)NC1CC1. The second-order valence-electron chi connectivity index (χ2n) is 5.83. The third-order valence-electron chi connectivity index (χ3n) is 4.15. The normalized spacial score (nSPS) is 17.6. The molecule has 1 aliphatic rings. The number of hydrogen-bond acceptors (Lipinski definition) is 3. The minimum atomic E-state index is 0.0257. The number of carbonyl (C=O) groups excluding carboxylic acids is 1. The molecule has 0 spiro atoms. The summed E-state index contributed by atoms with van der Waals surface area (Å²) in [5.74, 6) is 0.0955. The van der Waals surface area contributed by atoms with Crippen LogP contribution in [0.15, 0.2) is 24.3 Å². The van der Waals surface area contributed by atoms with Crippen molar-refractivity contribution in [1.29, 1.82) is 0 Å². The van der Waals surface area contributed by atoms with Crippen molar-refractivity contribution in [2.45, 2.75) is 44.3 Å². The number of benzene rings is 1. The first kappa shape index (κ1) is 16.3. The summed E-state index contributed by atoms with van der Waals surface area (Å²) in [6.07, 6.45) is 2.65. The Labute approximate surface area is 131 Å². The van der Waals surface area contributed by atoms with E-state index in [2.05, 4.69) is 17.1 Å². The van der Waals surface area contributed by atoms with Crippen molar-refractivity contribution < 1.29 is 4.79 Å². The fraction of sp³-hybridized carbons (Fsp3) is 0.562. The molecule has 0 saturated heterocycles. The number of likely N-dealkylation sites (N-methyl/N-ethyl adjacent to an activating group) is 1. The van der Waals surface area contributed by atoms with Crippen molar-refractivity contribution in [3.63, 3.8) is 0 Å². The van der Waals surface area contributed by atoms with E-state index in [1.807, 2.05) is 31.3 Å². The smallest absolute Gasteiger partial charge is 0.221 e. The number of amides is 1. The molecule has 1 aliphatic carbocycles. The van der Waals surface area contributed by atoms with Gasteiger partial charge in [-0.3, -0.25) is 9.69 Å². The summed E-state index contributed by atoms with van der Waals surface area (Å²) < 4.78 is 0. The predicted octanol–water partition coefficient (Wildman–Crippen LogP) is 2.33. The molecule has 0 aliphatic heterocycles. The van der Waals surface area contributed by atoms with Gasteiger partial charge in [-0.25, -0.2) is 0 Å². The van der Waals surface area contributed by atoms with Crippen LogP contribution in [0.25, 0.3) is 0 Å². The summed E-state index contributed by atoms with van der Waals surface area (Å²) in [6.45, 7) is 2.56. The van der Waals surface area contributed by atoms with Crippen molar-refractivity contribution in [2.75, 3.05) is 13.6 Å². The fourth-order valence-corrected chi connectivity index (χ4v) is 2.64. The van der Waals surface area contributed by atoms with Crippen LogP contribution in [0.5, 0.6) is 0 Å². The molecule has 1 saturated carbocycles. The highest BCUT2D eigenvalue weighted by Crippen LogP contribution is 2.24. The first-order chi connectivity index (χ1) is 10.0. The van der Waals surface area contributed by atoms with Crippen molar-refractivity contribution in [3.05, 3.63) is 34.9 Å².